The summed E-state index contributed by atoms with van der Waals surface area (Å²) in [4.78, 5) is 4.20. The molecule has 0 aliphatic carbocycles. The summed E-state index contributed by atoms with van der Waals surface area (Å²) in [5, 5.41) is 7.51. The van der Waals surface area contributed by atoms with E-state index in [1.807, 2.05) is 43.5 Å². The third-order valence-corrected chi connectivity index (χ3v) is 4.07. The molecule has 0 saturated carbocycles. The fourth-order valence-corrected chi connectivity index (χ4v) is 2.60. The van der Waals surface area contributed by atoms with Crippen LogP contribution in [-0.2, 0) is 13.1 Å². The van der Waals surface area contributed by atoms with Gasteiger partial charge in [-0.1, -0.05) is 30.3 Å². The molecule has 3 rings (SSSR count). The molecule has 3 aromatic rings. The summed E-state index contributed by atoms with van der Waals surface area (Å²) in [7, 11) is 0. The summed E-state index contributed by atoms with van der Waals surface area (Å²) >= 11 is 0. The van der Waals surface area contributed by atoms with Crippen LogP contribution < -0.4 is 15.8 Å². The van der Waals surface area contributed by atoms with Gasteiger partial charge in [0.1, 0.15) is 5.75 Å². The molecule has 6 nitrogen and oxygen atoms in total. The third kappa shape index (κ3) is 6.00. The monoisotopic (exact) mass is 403 g/mol. The van der Waals surface area contributed by atoms with E-state index in [1.54, 1.807) is 4.68 Å². The highest BCUT2D eigenvalue weighted by atomic mass is 19.4. The zero-order chi connectivity index (χ0) is 20.9. The maximum absolute atomic E-state index is 12.2. The number of nitrogens with two attached hydrogens (primary N) is 1. The Morgan fingerprint density at radius 3 is 2.48 bits per heavy atom. The lowest BCUT2D eigenvalue weighted by atomic mass is 10.2. The van der Waals surface area contributed by atoms with Crippen molar-refractivity contribution in [2.75, 3.05) is 0 Å². The van der Waals surface area contributed by atoms with Gasteiger partial charge in [0.25, 0.3) is 0 Å². The lowest BCUT2D eigenvalue weighted by molar-refractivity contribution is -0.274. The lowest BCUT2D eigenvalue weighted by Crippen LogP contribution is -2.31. The molecule has 29 heavy (non-hydrogen) atoms. The van der Waals surface area contributed by atoms with Gasteiger partial charge in [0, 0.05) is 18.3 Å². The number of hydrogen-bond acceptors (Lipinski definition) is 3. The summed E-state index contributed by atoms with van der Waals surface area (Å²) < 4.78 is 42.1. The number of aryl methyl sites for hydroxylation is 1. The predicted molar refractivity (Wildman–Crippen MR) is 104 cm³/mol. The van der Waals surface area contributed by atoms with Gasteiger partial charge in [-0.3, -0.25) is 0 Å². The molecule has 0 atom stereocenters. The van der Waals surface area contributed by atoms with E-state index in [1.165, 1.54) is 24.3 Å². The third-order valence-electron chi connectivity index (χ3n) is 4.07. The Hall–Kier alpha value is -3.49. The summed E-state index contributed by atoms with van der Waals surface area (Å²) in [6, 6.07) is 15.2. The number of nitrogens with one attached hydrogen (secondary N) is 1. The molecule has 1 heterocycles. The van der Waals surface area contributed by atoms with Gasteiger partial charge < -0.3 is 15.8 Å². The first-order valence-corrected chi connectivity index (χ1v) is 8.79. The van der Waals surface area contributed by atoms with Gasteiger partial charge in [-0.2, -0.15) is 5.10 Å². The molecule has 0 bridgehead atoms. The molecule has 0 spiro atoms. The molecular formula is C20H20F3N5O. The van der Waals surface area contributed by atoms with Gasteiger partial charge in [-0.15, -0.1) is 13.2 Å². The second kappa shape index (κ2) is 8.68. The van der Waals surface area contributed by atoms with Crippen molar-refractivity contribution in [1.29, 1.82) is 0 Å². The normalized spacial score (nSPS) is 12.1. The van der Waals surface area contributed by atoms with Crippen molar-refractivity contribution in [3.63, 3.8) is 0 Å². The summed E-state index contributed by atoms with van der Waals surface area (Å²) in [6.45, 7) is 2.59. The number of para-hydroxylation sites is 1. The fourth-order valence-electron chi connectivity index (χ4n) is 2.60. The number of nitrogens with zero attached hydrogens (tertiary/aromatic N) is 3. The van der Waals surface area contributed by atoms with Crippen molar-refractivity contribution < 1.29 is 17.9 Å². The largest absolute Gasteiger partial charge is 0.573 e. The van der Waals surface area contributed by atoms with Crippen molar-refractivity contribution in [1.82, 2.24) is 15.1 Å². The van der Waals surface area contributed by atoms with E-state index in [4.69, 9.17) is 5.73 Å². The van der Waals surface area contributed by atoms with Crippen molar-refractivity contribution >= 4 is 5.96 Å². The summed E-state index contributed by atoms with van der Waals surface area (Å²) in [5.41, 5.74) is 9.40. The van der Waals surface area contributed by atoms with Crippen LogP contribution in [0.15, 0.2) is 65.8 Å². The van der Waals surface area contributed by atoms with Crippen LogP contribution in [0.3, 0.4) is 0 Å². The number of guanidine groups is 1. The first kappa shape index (κ1) is 20.2. The van der Waals surface area contributed by atoms with E-state index >= 15 is 0 Å². The molecule has 2 aromatic carbocycles. The van der Waals surface area contributed by atoms with Gasteiger partial charge in [0.2, 0.25) is 0 Å². The van der Waals surface area contributed by atoms with Crippen LogP contribution in [0.25, 0.3) is 5.69 Å². The summed E-state index contributed by atoms with van der Waals surface area (Å²) in [6.07, 6.45) is -2.79. The predicted octanol–water partition coefficient (Wildman–Crippen LogP) is 3.68. The average molecular weight is 403 g/mol. The number of aromatic nitrogens is 2. The molecular weight excluding hydrogens is 383 g/mol. The van der Waals surface area contributed by atoms with Crippen LogP contribution >= 0.6 is 0 Å². The molecule has 0 aliphatic rings. The molecule has 0 saturated heterocycles. The maximum atomic E-state index is 12.2. The SMILES string of the molecule is Cc1nn(-c2ccccc2)cc1CNC(N)=NCc1ccc(OC(F)(F)F)cc1. The zero-order valence-corrected chi connectivity index (χ0v) is 15.6. The molecule has 0 radical (unpaired) electrons. The quantitative estimate of drug-likeness (QED) is 0.486. The molecule has 0 aliphatic heterocycles. The molecule has 1 aromatic heterocycles. The van der Waals surface area contributed by atoms with Crippen LogP contribution in [0.2, 0.25) is 0 Å². The molecule has 0 amide bonds. The molecule has 0 fully saturated rings. The fraction of sp³-hybridized carbons (Fsp3) is 0.200. The number of benzene rings is 2. The second-order valence-electron chi connectivity index (χ2n) is 6.27. The smallest absolute Gasteiger partial charge is 0.406 e. The van der Waals surface area contributed by atoms with E-state index in [-0.39, 0.29) is 18.3 Å². The minimum atomic E-state index is -4.71. The number of rotatable bonds is 6. The highest BCUT2D eigenvalue weighted by Gasteiger charge is 2.30. The van der Waals surface area contributed by atoms with Gasteiger partial charge in [0.15, 0.2) is 5.96 Å². The number of ether oxygens (including phenoxy) is 1. The van der Waals surface area contributed by atoms with Gasteiger partial charge >= 0.3 is 6.36 Å². The average Bonchev–Trinajstić information content (AvgIpc) is 3.06. The highest BCUT2D eigenvalue weighted by Crippen LogP contribution is 2.22. The Balaban J connectivity index is 1.55. The van der Waals surface area contributed by atoms with Crippen LogP contribution in [0.4, 0.5) is 13.2 Å². The molecule has 9 heteroatoms. The number of halogens is 3. The zero-order valence-electron chi connectivity index (χ0n) is 15.6. The topological polar surface area (TPSA) is 77.5 Å². The molecule has 152 valence electrons. The van der Waals surface area contributed by atoms with Crippen molar-refractivity contribution in [3.05, 3.63) is 77.6 Å². The van der Waals surface area contributed by atoms with E-state index in [0.717, 1.165) is 16.9 Å². The van der Waals surface area contributed by atoms with Gasteiger partial charge in [-0.05, 0) is 36.8 Å². The van der Waals surface area contributed by atoms with E-state index in [9.17, 15) is 13.2 Å². The Morgan fingerprint density at radius 1 is 1.14 bits per heavy atom. The van der Waals surface area contributed by atoms with E-state index < -0.39 is 6.36 Å². The van der Waals surface area contributed by atoms with Crippen molar-refractivity contribution in [2.24, 2.45) is 10.7 Å². The highest BCUT2D eigenvalue weighted by molar-refractivity contribution is 5.77. The first-order valence-electron chi connectivity index (χ1n) is 8.79. The van der Waals surface area contributed by atoms with Crippen molar-refractivity contribution in [3.8, 4) is 11.4 Å². The number of hydrogen-bond donors (Lipinski definition) is 2. The second-order valence-corrected chi connectivity index (χ2v) is 6.27. The number of alkyl halides is 3. The Bertz CT molecular complexity index is 966. The maximum Gasteiger partial charge on any atom is 0.573 e. The minimum absolute atomic E-state index is 0.229. The Kier molecular flexibility index (Phi) is 6.06. The lowest BCUT2D eigenvalue weighted by Gasteiger charge is -2.09. The van der Waals surface area contributed by atoms with Crippen LogP contribution in [0.1, 0.15) is 16.8 Å². The first-order chi connectivity index (χ1) is 13.8. The standard InChI is InChI=1S/C20H20F3N5O/c1-14-16(13-28(27-14)17-5-3-2-4-6-17)12-26-19(24)25-11-15-7-9-18(10-8-15)29-20(21,22)23/h2-10,13H,11-12H2,1H3,(H3,24,25,26). The summed E-state index contributed by atoms with van der Waals surface area (Å²) in [5.74, 6) is -0.0466. The van der Waals surface area contributed by atoms with Crippen LogP contribution in [0, 0.1) is 6.92 Å². The molecule has 3 N–H and O–H groups in total. The Labute approximate surface area is 165 Å². The van der Waals surface area contributed by atoms with E-state index in [0.29, 0.717) is 12.1 Å². The van der Waals surface area contributed by atoms with E-state index in [2.05, 4.69) is 20.1 Å². The Morgan fingerprint density at radius 2 is 1.83 bits per heavy atom. The van der Waals surface area contributed by atoms with Crippen LogP contribution in [0.5, 0.6) is 5.75 Å². The molecule has 0 unspecified atom stereocenters. The minimum Gasteiger partial charge on any atom is -0.406 e. The van der Waals surface area contributed by atoms with Crippen LogP contribution in [-0.4, -0.2) is 22.1 Å². The van der Waals surface area contributed by atoms with Crippen molar-refractivity contribution in [2.45, 2.75) is 26.4 Å². The van der Waals surface area contributed by atoms with Gasteiger partial charge in [-0.25, -0.2) is 9.67 Å². The van der Waals surface area contributed by atoms with Gasteiger partial charge in [0.05, 0.1) is 17.9 Å². The number of aliphatic imine (C=N–C) groups is 1.